The third kappa shape index (κ3) is 2.87. The Hall–Kier alpha value is -2.83. The van der Waals surface area contributed by atoms with Crippen LogP contribution in [-0.2, 0) is 13.1 Å². The van der Waals surface area contributed by atoms with Crippen molar-refractivity contribution in [3.63, 3.8) is 0 Å². The van der Waals surface area contributed by atoms with Crippen LogP contribution in [0.15, 0.2) is 70.8 Å². The van der Waals surface area contributed by atoms with Crippen molar-refractivity contribution in [3.05, 3.63) is 92.4 Å². The second-order valence-corrected chi connectivity index (χ2v) is 7.73. The van der Waals surface area contributed by atoms with Crippen molar-refractivity contribution in [2.24, 2.45) is 0 Å². The minimum atomic E-state index is -0.0940. The van der Waals surface area contributed by atoms with Gasteiger partial charge in [0.05, 0.1) is 18.1 Å². The molecule has 0 fully saturated rings. The van der Waals surface area contributed by atoms with Crippen LogP contribution in [-0.4, -0.2) is 26.4 Å². The predicted molar refractivity (Wildman–Crippen MR) is 107 cm³/mol. The lowest BCUT2D eigenvalue weighted by molar-refractivity contribution is 0.152. The maximum absolute atomic E-state index is 12.9. The summed E-state index contributed by atoms with van der Waals surface area (Å²) in [6, 6.07) is 20.2. The van der Waals surface area contributed by atoms with Gasteiger partial charge in [-0.15, -0.1) is 16.4 Å². The summed E-state index contributed by atoms with van der Waals surface area (Å²) in [6.45, 7) is 1.31. The van der Waals surface area contributed by atoms with E-state index in [-0.39, 0.29) is 11.6 Å². The molecule has 0 aliphatic carbocycles. The van der Waals surface area contributed by atoms with E-state index in [9.17, 15) is 4.79 Å². The molecule has 0 amide bonds. The van der Waals surface area contributed by atoms with E-state index in [0.29, 0.717) is 17.6 Å². The molecule has 6 heteroatoms. The summed E-state index contributed by atoms with van der Waals surface area (Å²) < 4.78 is 1.48. The number of aromatic nitrogens is 3. The summed E-state index contributed by atoms with van der Waals surface area (Å²) >= 11 is 1.81. The largest absolute Gasteiger partial charge is 0.278 e. The van der Waals surface area contributed by atoms with Gasteiger partial charge in [-0.2, -0.15) is 4.68 Å². The maximum atomic E-state index is 12.9. The van der Waals surface area contributed by atoms with Gasteiger partial charge in [0.25, 0.3) is 5.56 Å². The van der Waals surface area contributed by atoms with Gasteiger partial charge in [-0.25, -0.2) is 0 Å². The molecule has 0 spiro atoms. The van der Waals surface area contributed by atoms with E-state index in [4.69, 9.17) is 0 Å². The van der Waals surface area contributed by atoms with Gasteiger partial charge in [0, 0.05) is 11.4 Å². The van der Waals surface area contributed by atoms with E-state index in [1.54, 1.807) is 0 Å². The molecule has 5 nitrogen and oxygen atoms in total. The number of thiophene rings is 1. The molecule has 1 atom stereocenters. The zero-order valence-electron chi connectivity index (χ0n) is 14.7. The highest BCUT2D eigenvalue weighted by molar-refractivity contribution is 7.10. The maximum Gasteiger partial charge on any atom is 0.278 e. The van der Waals surface area contributed by atoms with Gasteiger partial charge in [0.2, 0.25) is 0 Å². The van der Waals surface area contributed by atoms with Gasteiger partial charge in [0.1, 0.15) is 5.52 Å². The van der Waals surface area contributed by atoms with Crippen molar-refractivity contribution in [2.45, 2.75) is 19.1 Å². The first-order chi connectivity index (χ1) is 13.3. The Morgan fingerprint density at radius 2 is 1.85 bits per heavy atom. The molecular weight excluding hydrogens is 356 g/mol. The number of rotatable bonds is 3. The molecule has 2 aromatic carbocycles. The summed E-state index contributed by atoms with van der Waals surface area (Å²) in [7, 11) is 0. The molecule has 1 aliphatic heterocycles. The number of fused-ring (bicyclic) bond motifs is 2. The second kappa shape index (κ2) is 6.72. The SMILES string of the molecule is O=c1c2ccccc2nnn1CN1CCc2sccc2[C@@H]1c1ccccc1. The van der Waals surface area contributed by atoms with Gasteiger partial charge >= 0.3 is 0 Å². The van der Waals surface area contributed by atoms with Crippen molar-refractivity contribution in [3.8, 4) is 0 Å². The Balaban J connectivity index is 1.56. The summed E-state index contributed by atoms with van der Waals surface area (Å²) in [4.78, 5) is 16.6. The van der Waals surface area contributed by atoms with Crippen LogP contribution in [0.5, 0.6) is 0 Å². The normalized spacial score (nSPS) is 17.1. The standard InChI is InChI=1S/C21H18N4OS/c26-21-16-8-4-5-9-18(16)22-23-25(21)14-24-12-10-19-17(11-13-27-19)20(24)15-6-2-1-3-7-15/h1-9,11,13,20H,10,12,14H2/t20-/m0/s1. The molecule has 0 saturated heterocycles. The van der Waals surface area contributed by atoms with Crippen LogP contribution in [0.25, 0.3) is 10.9 Å². The fourth-order valence-electron chi connectivity index (χ4n) is 3.83. The van der Waals surface area contributed by atoms with Crippen LogP contribution in [0, 0.1) is 0 Å². The van der Waals surface area contributed by atoms with Gasteiger partial charge in [0.15, 0.2) is 0 Å². The zero-order valence-corrected chi connectivity index (χ0v) is 15.5. The van der Waals surface area contributed by atoms with Crippen molar-refractivity contribution in [1.29, 1.82) is 0 Å². The minimum absolute atomic E-state index is 0.0940. The fourth-order valence-corrected chi connectivity index (χ4v) is 4.74. The van der Waals surface area contributed by atoms with Crippen molar-refractivity contribution in [2.75, 3.05) is 6.54 Å². The van der Waals surface area contributed by atoms with E-state index in [1.165, 1.54) is 20.7 Å². The predicted octanol–water partition coefficient (Wildman–Crippen LogP) is 3.46. The topological polar surface area (TPSA) is 51.0 Å². The van der Waals surface area contributed by atoms with Crippen LogP contribution in [0.1, 0.15) is 22.0 Å². The highest BCUT2D eigenvalue weighted by atomic mass is 32.1. The molecule has 0 saturated carbocycles. The fraction of sp³-hybridized carbons (Fsp3) is 0.190. The van der Waals surface area contributed by atoms with E-state index < -0.39 is 0 Å². The van der Waals surface area contributed by atoms with Gasteiger partial charge in [-0.3, -0.25) is 9.69 Å². The van der Waals surface area contributed by atoms with E-state index in [2.05, 4.69) is 50.9 Å². The molecule has 5 rings (SSSR count). The van der Waals surface area contributed by atoms with Crippen LogP contribution in [0.4, 0.5) is 0 Å². The first kappa shape index (κ1) is 16.4. The Morgan fingerprint density at radius 1 is 1.04 bits per heavy atom. The zero-order chi connectivity index (χ0) is 18.2. The average Bonchev–Trinajstić information content (AvgIpc) is 3.19. The molecule has 27 heavy (non-hydrogen) atoms. The second-order valence-electron chi connectivity index (χ2n) is 6.73. The number of benzene rings is 2. The molecule has 134 valence electrons. The molecular formula is C21H18N4OS. The third-order valence-electron chi connectivity index (χ3n) is 5.13. The molecule has 2 aromatic heterocycles. The minimum Gasteiger partial charge on any atom is -0.273 e. The summed E-state index contributed by atoms with van der Waals surface area (Å²) in [5.41, 5.74) is 3.11. The summed E-state index contributed by atoms with van der Waals surface area (Å²) in [5.74, 6) is 0. The molecule has 0 unspecified atom stereocenters. The first-order valence-corrected chi connectivity index (χ1v) is 9.87. The van der Waals surface area contributed by atoms with Gasteiger partial charge in [-0.05, 0) is 41.1 Å². The monoisotopic (exact) mass is 374 g/mol. The number of nitrogens with zero attached hydrogens (tertiary/aromatic N) is 4. The smallest absolute Gasteiger partial charge is 0.273 e. The number of hydrogen-bond acceptors (Lipinski definition) is 5. The first-order valence-electron chi connectivity index (χ1n) is 8.99. The van der Waals surface area contributed by atoms with Crippen molar-refractivity contribution >= 4 is 22.2 Å². The Morgan fingerprint density at radius 3 is 2.74 bits per heavy atom. The third-order valence-corrected chi connectivity index (χ3v) is 6.12. The van der Waals surface area contributed by atoms with Gasteiger partial charge in [-0.1, -0.05) is 47.7 Å². The molecule has 3 heterocycles. The lowest BCUT2D eigenvalue weighted by Gasteiger charge is -2.36. The number of hydrogen-bond donors (Lipinski definition) is 0. The van der Waals surface area contributed by atoms with E-state index in [0.717, 1.165) is 13.0 Å². The van der Waals surface area contributed by atoms with Crippen LogP contribution in [0.2, 0.25) is 0 Å². The Labute approximate surface area is 160 Å². The molecule has 0 bridgehead atoms. The van der Waals surface area contributed by atoms with E-state index >= 15 is 0 Å². The highest BCUT2D eigenvalue weighted by Crippen LogP contribution is 2.37. The van der Waals surface area contributed by atoms with Crippen LogP contribution < -0.4 is 5.56 Å². The van der Waals surface area contributed by atoms with Gasteiger partial charge < -0.3 is 0 Å². The summed E-state index contributed by atoms with van der Waals surface area (Å²) in [5, 5.41) is 11.2. The molecule has 0 N–H and O–H groups in total. The van der Waals surface area contributed by atoms with Crippen molar-refractivity contribution < 1.29 is 0 Å². The highest BCUT2D eigenvalue weighted by Gasteiger charge is 2.30. The van der Waals surface area contributed by atoms with E-state index in [1.807, 2.05) is 41.7 Å². The Bertz CT molecular complexity index is 1150. The van der Waals surface area contributed by atoms with Crippen molar-refractivity contribution in [1.82, 2.24) is 19.9 Å². The molecule has 1 aliphatic rings. The van der Waals surface area contributed by atoms with Crippen LogP contribution >= 0.6 is 11.3 Å². The Kier molecular flexibility index (Phi) is 4.07. The summed E-state index contributed by atoms with van der Waals surface area (Å²) in [6.07, 6.45) is 0.992. The lowest BCUT2D eigenvalue weighted by atomic mass is 9.94. The average molecular weight is 374 g/mol. The van der Waals surface area contributed by atoms with Crippen LogP contribution in [0.3, 0.4) is 0 Å². The molecule has 4 aromatic rings. The lowest BCUT2D eigenvalue weighted by Crippen LogP contribution is -2.40. The quantitative estimate of drug-likeness (QED) is 0.551. The molecule has 0 radical (unpaired) electrons.